The van der Waals surface area contributed by atoms with Crippen LogP contribution in [0.3, 0.4) is 0 Å². The molecule has 7 heteroatoms. The third kappa shape index (κ3) is 4.40. The van der Waals surface area contributed by atoms with Crippen LogP contribution in [0.1, 0.15) is 5.56 Å². The zero-order valence-electron chi connectivity index (χ0n) is 13.3. The fourth-order valence-corrected chi connectivity index (χ4v) is 2.44. The van der Waals surface area contributed by atoms with Gasteiger partial charge in [0.05, 0.1) is 6.61 Å². The molecule has 3 N–H and O–H groups in total. The van der Waals surface area contributed by atoms with Crippen LogP contribution in [0.2, 0.25) is 0 Å². The zero-order valence-corrected chi connectivity index (χ0v) is 13.3. The summed E-state index contributed by atoms with van der Waals surface area (Å²) in [5.41, 5.74) is 6.72. The van der Waals surface area contributed by atoms with E-state index in [2.05, 4.69) is 27.1 Å². The molecular formula is C15H25N5O2. The molecule has 0 aromatic carbocycles. The highest BCUT2D eigenvalue weighted by Gasteiger charge is 2.19. The molecule has 1 aliphatic heterocycles. The van der Waals surface area contributed by atoms with Crippen molar-refractivity contribution < 1.29 is 9.53 Å². The number of likely N-dealkylation sites (N-methyl/N-ethyl adjacent to an activating group) is 1. The van der Waals surface area contributed by atoms with Gasteiger partial charge in [0, 0.05) is 51.6 Å². The van der Waals surface area contributed by atoms with Crippen molar-refractivity contribution >= 4 is 11.7 Å². The first-order valence-electron chi connectivity index (χ1n) is 7.51. The second kappa shape index (κ2) is 8.07. The molecule has 122 valence electrons. The number of amides is 1. The number of carbonyl (C=O) groups is 1. The molecule has 2 heterocycles. The molecule has 0 spiro atoms. The third-order valence-corrected chi connectivity index (χ3v) is 3.81. The average Bonchev–Trinajstić information content (AvgIpc) is 2.54. The number of hydrogen-bond acceptors (Lipinski definition) is 6. The summed E-state index contributed by atoms with van der Waals surface area (Å²) in [7, 11) is 3.65. The summed E-state index contributed by atoms with van der Waals surface area (Å²) in [6, 6.07) is 3.23. The third-order valence-electron chi connectivity index (χ3n) is 3.81. The average molecular weight is 307 g/mol. The Balaban J connectivity index is 1.98. The van der Waals surface area contributed by atoms with Crippen LogP contribution in [-0.4, -0.2) is 68.8 Å². The van der Waals surface area contributed by atoms with Crippen molar-refractivity contribution in [3.8, 4) is 0 Å². The van der Waals surface area contributed by atoms with E-state index in [4.69, 9.17) is 10.5 Å². The summed E-state index contributed by atoms with van der Waals surface area (Å²) in [6.45, 7) is 4.55. The number of piperazine rings is 1. The summed E-state index contributed by atoms with van der Waals surface area (Å²) in [6.07, 6.45) is 1.79. The summed E-state index contributed by atoms with van der Waals surface area (Å²) in [5, 5.41) is 2.85. The van der Waals surface area contributed by atoms with Crippen LogP contribution in [0.5, 0.6) is 0 Å². The number of pyridine rings is 1. The van der Waals surface area contributed by atoms with Crippen molar-refractivity contribution in [3.63, 3.8) is 0 Å². The Hall–Kier alpha value is -1.70. The SMILES string of the molecule is COCC(N)C(=O)NCc1cccnc1N1CCN(C)CC1. The van der Waals surface area contributed by atoms with Crippen molar-refractivity contribution in [3.05, 3.63) is 23.9 Å². The molecular weight excluding hydrogens is 282 g/mol. The van der Waals surface area contributed by atoms with E-state index in [9.17, 15) is 4.79 Å². The summed E-state index contributed by atoms with van der Waals surface area (Å²) in [4.78, 5) is 20.9. The monoisotopic (exact) mass is 307 g/mol. The quantitative estimate of drug-likeness (QED) is 0.732. The number of carbonyl (C=O) groups excluding carboxylic acids is 1. The van der Waals surface area contributed by atoms with E-state index in [1.54, 1.807) is 6.20 Å². The first-order valence-corrected chi connectivity index (χ1v) is 7.51. The van der Waals surface area contributed by atoms with Gasteiger partial charge in [-0.2, -0.15) is 0 Å². The fraction of sp³-hybridized carbons (Fsp3) is 0.600. The number of anilines is 1. The molecule has 1 aromatic rings. The van der Waals surface area contributed by atoms with Crippen molar-refractivity contribution in [1.82, 2.24) is 15.2 Å². The number of nitrogens with one attached hydrogen (secondary N) is 1. The van der Waals surface area contributed by atoms with E-state index in [1.165, 1.54) is 7.11 Å². The second-order valence-corrected chi connectivity index (χ2v) is 5.56. The summed E-state index contributed by atoms with van der Waals surface area (Å²) < 4.78 is 4.89. The Morgan fingerprint density at radius 2 is 2.18 bits per heavy atom. The van der Waals surface area contributed by atoms with Gasteiger partial charge in [-0.1, -0.05) is 6.07 Å². The molecule has 1 aromatic heterocycles. The van der Waals surface area contributed by atoms with Crippen LogP contribution in [0, 0.1) is 0 Å². The zero-order chi connectivity index (χ0) is 15.9. The largest absolute Gasteiger partial charge is 0.383 e. The van der Waals surface area contributed by atoms with Crippen LogP contribution in [0.25, 0.3) is 0 Å². The van der Waals surface area contributed by atoms with Gasteiger partial charge in [-0.05, 0) is 13.1 Å². The number of nitrogens with two attached hydrogens (primary N) is 1. The van der Waals surface area contributed by atoms with Gasteiger partial charge >= 0.3 is 0 Å². The normalized spacial score (nSPS) is 17.3. The molecule has 22 heavy (non-hydrogen) atoms. The lowest BCUT2D eigenvalue weighted by atomic mass is 10.2. The van der Waals surface area contributed by atoms with Gasteiger partial charge in [0.15, 0.2) is 0 Å². The predicted molar refractivity (Wildman–Crippen MR) is 85.6 cm³/mol. The standard InChI is InChI=1S/C15H25N5O2/c1-19-6-8-20(9-7-19)14-12(4-3-5-17-14)10-18-15(21)13(16)11-22-2/h3-5,13H,6-11,16H2,1-2H3,(H,18,21). The molecule has 1 fully saturated rings. The minimum atomic E-state index is -0.645. The number of nitrogens with zero attached hydrogens (tertiary/aromatic N) is 3. The van der Waals surface area contributed by atoms with Gasteiger partial charge < -0.3 is 25.6 Å². The lowest BCUT2D eigenvalue weighted by Crippen LogP contribution is -2.46. The highest BCUT2D eigenvalue weighted by Crippen LogP contribution is 2.18. The molecule has 2 rings (SSSR count). The number of methoxy groups -OCH3 is 1. The number of ether oxygens (including phenoxy) is 1. The molecule has 1 aliphatic rings. The van der Waals surface area contributed by atoms with Gasteiger partial charge in [-0.3, -0.25) is 4.79 Å². The fourth-order valence-electron chi connectivity index (χ4n) is 2.44. The van der Waals surface area contributed by atoms with Crippen LogP contribution >= 0.6 is 0 Å². The summed E-state index contributed by atoms with van der Waals surface area (Å²) >= 11 is 0. The second-order valence-electron chi connectivity index (χ2n) is 5.56. The van der Waals surface area contributed by atoms with Crippen LogP contribution in [0.4, 0.5) is 5.82 Å². The Bertz CT molecular complexity index is 489. The van der Waals surface area contributed by atoms with E-state index in [0.717, 1.165) is 37.6 Å². The van der Waals surface area contributed by atoms with E-state index in [1.807, 2.05) is 12.1 Å². The molecule has 0 saturated carbocycles. The highest BCUT2D eigenvalue weighted by molar-refractivity contribution is 5.81. The minimum Gasteiger partial charge on any atom is -0.383 e. The lowest BCUT2D eigenvalue weighted by Gasteiger charge is -2.34. The van der Waals surface area contributed by atoms with Gasteiger partial charge in [0.1, 0.15) is 11.9 Å². The molecule has 0 bridgehead atoms. The van der Waals surface area contributed by atoms with Crippen LogP contribution in [-0.2, 0) is 16.1 Å². The molecule has 1 atom stereocenters. The van der Waals surface area contributed by atoms with Gasteiger partial charge in [0.2, 0.25) is 5.91 Å². The van der Waals surface area contributed by atoms with E-state index in [0.29, 0.717) is 6.54 Å². The van der Waals surface area contributed by atoms with Crippen molar-refractivity contribution in [1.29, 1.82) is 0 Å². The maximum absolute atomic E-state index is 11.9. The minimum absolute atomic E-state index is 0.212. The van der Waals surface area contributed by atoms with E-state index >= 15 is 0 Å². The van der Waals surface area contributed by atoms with Crippen LogP contribution < -0.4 is 16.0 Å². The van der Waals surface area contributed by atoms with E-state index in [-0.39, 0.29) is 12.5 Å². The Morgan fingerprint density at radius 3 is 2.86 bits per heavy atom. The maximum Gasteiger partial charge on any atom is 0.239 e. The molecule has 7 nitrogen and oxygen atoms in total. The van der Waals surface area contributed by atoms with Crippen molar-refractivity contribution in [2.45, 2.75) is 12.6 Å². The van der Waals surface area contributed by atoms with Crippen LogP contribution in [0.15, 0.2) is 18.3 Å². The first-order chi connectivity index (χ1) is 10.6. The lowest BCUT2D eigenvalue weighted by molar-refractivity contribution is -0.123. The molecule has 1 saturated heterocycles. The van der Waals surface area contributed by atoms with Gasteiger partial charge in [-0.15, -0.1) is 0 Å². The first kappa shape index (κ1) is 16.7. The molecule has 0 aliphatic carbocycles. The number of aromatic nitrogens is 1. The Morgan fingerprint density at radius 1 is 1.45 bits per heavy atom. The molecule has 0 radical (unpaired) electrons. The Kier molecular flexibility index (Phi) is 6.11. The summed E-state index contributed by atoms with van der Waals surface area (Å²) in [5.74, 6) is 0.728. The van der Waals surface area contributed by atoms with E-state index < -0.39 is 6.04 Å². The van der Waals surface area contributed by atoms with Crippen molar-refractivity contribution in [2.24, 2.45) is 5.73 Å². The van der Waals surface area contributed by atoms with Gasteiger partial charge in [-0.25, -0.2) is 4.98 Å². The predicted octanol–water partition coefficient (Wildman–Crippen LogP) is -0.577. The number of rotatable bonds is 6. The topological polar surface area (TPSA) is 83.7 Å². The highest BCUT2D eigenvalue weighted by atomic mass is 16.5. The maximum atomic E-state index is 11.9. The Labute approximate surface area is 131 Å². The smallest absolute Gasteiger partial charge is 0.239 e. The van der Waals surface area contributed by atoms with Crippen molar-refractivity contribution in [2.75, 3.05) is 51.8 Å². The molecule has 1 amide bonds. The number of hydrogen-bond donors (Lipinski definition) is 2. The van der Waals surface area contributed by atoms with Gasteiger partial charge in [0.25, 0.3) is 0 Å². The molecule has 1 unspecified atom stereocenters.